The molecule has 0 saturated heterocycles. The lowest BCUT2D eigenvalue weighted by Gasteiger charge is -2.07. The number of allylic oxidation sites excluding steroid dienone is 1. The van der Waals surface area contributed by atoms with Gasteiger partial charge < -0.3 is 10.8 Å². The second kappa shape index (κ2) is 8.80. The number of hydrogen-bond donors (Lipinski definition) is 2. The number of carbonyl (C=O) groups is 1. The number of unbranched alkanes of at least 4 members (excludes halogenated alkanes) is 2. The monoisotopic (exact) mass is 311 g/mol. The van der Waals surface area contributed by atoms with Crippen LogP contribution in [0.5, 0.6) is 0 Å². The van der Waals surface area contributed by atoms with Crippen molar-refractivity contribution in [1.29, 1.82) is 0 Å². The second-order valence-electron chi connectivity index (χ2n) is 5.25. The van der Waals surface area contributed by atoms with E-state index in [9.17, 15) is 9.90 Å². The van der Waals surface area contributed by atoms with Crippen molar-refractivity contribution in [2.45, 2.75) is 31.8 Å². The van der Waals surface area contributed by atoms with Gasteiger partial charge in [-0.3, -0.25) is 14.8 Å². The molecule has 2 heterocycles. The second-order valence-corrected chi connectivity index (χ2v) is 5.25. The number of amides is 1. The molecule has 120 valence electrons. The Bertz CT molecular complexity index is 600. The standard InChI is InChI=1S/C18H21N3O2/c19-18(23)17(22)11-3-1-2-8-14(15-9-4-6-12-20-15)16-10-5-7-13-21-16/h4-10,12-13,17,22H,1-3,11H2,(H2,19,23). The van der Waals surface area contributed by atoms with Crippen LogP contribution < -0.4 is 5.73 Å². The van der Waals surface area contributed by atoms with E-state index in [4.69, 9.17) is 5.73 Å². The van der Waals surface area contributed by atoms with Crippen LogP contribution in [-0.2, 0) is 4.79 Å². The molecule has 5 heteroatoms. The molecule has 3 N–H and O–H groups in total. The highest BCUT2D eigenvalue weighted by molar-refractivity contribution is 5.78. The van der Waals surface area contributed by atoms with Gasteiger partial charge in [0.25, 0.3) is 0 Å². The molecule has 5 nitrogen and oxygen atoms in total. The van der Waals surface area contributed by atoms with Crippen molar-refractivity contribution >= 4 is 11.5 Å². The third kappa shape index (κ3) is 5.30. The lowest BCUT2D eigenvalue weighted by molar-refractivity contribution is -0.126. The van der Waals surface area contributed by atoms with E-state index in [1.54, 1.807) is 12.4 Å². The number of nitrogens with zero attached hydrogens (tertiary/aromatic N) is 2. The van der Waals surface area contributed by atoms with E-state index in [1.165, 1.54) is 0 Å². The Labute approximate surface area is 135 Å². The number of nitrogens with two attached hydrogens (primary N) is 1. The van der Waals surface area contributed by atoms with Crippen molar-refractivity contribution in [2.24, 2.45) is 5.73 Å². The van der Waals surface area contributed by atoms with E-state index in [0.717, 1.165) is 36.2 Å². The summed E-state index contributed by atoms with van der Waals surface area (Å²) in [7, 11) is 0. The summed E-state index contributed by atoms with van der Waals surface area (Å²) in [6.07, 6.45) is 7.36. The Morgan fingerprint density at radius 3 is 2.17 bits per heavy atom. The van der Waals surface area contributed by atoms with E-state index >= 15 is 0 Å². The predicted octanol–water partition coefficient (Wildman–Crippen LogP) is 2.31. The Kier molecular flexibility index (Phi) is 6.44. The summed E-state index contributed by atoms with van der Waals surface area (Å²) in [6, 6.07) is 11.6. The predicted molar refractivity (Wildman–Crippen MR) is 89.2 cm³/mol. The molecule has 0 aliphatic rings. The first kappa shape index (κ1) is 16.8. The zero-order chi connectivity index (χ0) is 16.5. The van der Waals surface area contributed by atoms with Gasteiger partial charge in [0, 0.05) is 18.0 Å². The minimum absolute atomic E-state index is 0.395. The van der Waals surface area contributed by atoms with Crippen molar-refractivity contribution in [3.05, 3.63) is 66.3 Å². The fraction of sp³-hybridized carbons (Fsp3) is 0.278. The van der Waals surface area contributed by atoms with Crippen LogP contribution in [0.15, 0.2) is 54.9 Å². The fourth-order valence-electron chi connectivity index (χ4n) is 2.26. The zero-order valence-corrected chi connectivity index (χ0v) is 12.9. The molecule has 0 aromatic carbocycles. The number of aliphatic hydroxyl groups excluding tert-OH is 1. The van der Waals surface area contributed by atoms with E-state index in [2.05, 4.69) is 16.0 Å². The zero-order valence-electron chi connectivity index (χ0n) is 12.9. The van der Waals surface area contributed by atoms with Crippen LogP contribution >= 0.6 is 0 Å². The lowest BCUT2D eigenvalue weighted by atomic mass is 10.0. The Balaban J connectivity index is 2.02. The highest BCUT2D eigenvalue weighted by Gasteiger charge is 2.10. The van der Waals surface area contributed by atoms with E-state index in [1.807, 2.05) is 36.4 Å². The van der Waals surface area contributed by atoms with Gasteiger partial charge in [-0.25, -0.2) is 0 Å². The lowest BCUT2D eigenvalue weighted by Crippen LogP contribution is -2.27. The highest BCUT2D eigenvalue weighted by Crippen LogP contribution is 2.21. The molecule has 0 spiro atoms. The first-order chi connectivity index (χ1) is 11.2. The average molecular weight is 311 g/mol. The topological polar surface area (TPSA) is 89.1 Å². The smallest absolute Gasteiger partial charge is 0.246 e. The molecule has 0 saturated carbocycles. The molecule has 2 aromatic rings. The molecule has 2 aromatic heterocycles. The van der Waals surface area contributed by atoms with E-state index in [-0.39, 0.29) is 0 Å². The van der Waals surface area contributed by atoms with Crippen LogP contribution in [0.3, 0.4) is 0 Å². The molecule has 1 unspecified atom stereocenters. The van der Waals surface area contributed by atoms with Crippen molar-refractivity contribution < 1.29 is 9.90 Å². The van der Waals surface area contributed by atoms with Gasteiger partial charge in [0.1, 0.15) is 6.10 Å². The van der Waals surface area contributed by atoms with Crippen molar-refractivity contribution in [3.8, 4) is 0 Å². The summed E-state index contributed by atoms with van der Waals surface area (Å²) in [6.45, 7) is 0. The molecular formula is C18H21N3O2. The maximum atomic E-state index is 10.8. The van der Waals surface area contributed by atoms with Crippen molar-refractivity contribution in [3.63, 3.8) is 0 Å². The van der Waals surface area contributed by atoms with Gasteiger partial charge in [0.15, 0.2) is 0 Å². The molecule has 0 aliphatic heterocycles. The number of pyridine rings is 2. The van der Waals surface area contributed by atoms with Crippen LogP contribution in [-0.4, -0.2) is 27.1 Å². The molecule has 0 bridgehead atoms. The highest BCUT2D eigenvalue weighted by atomic mass is 16.3. The quantitative estimate of drug-likeness (QED) is 0.732. The summed E-state index contributed by atoms with van der Waals surface area (Å²) in [5.74, 6) is -0.664. The maximum absolute atomic E-state index is 10.8. The average Bonchev–Trinajstić information content (AvgIpc) is 2.59. The third-order valence-corrected chi connectivity index (χ3v) is 3.49. The number of aliphatic hydroxyl groups is 1. The third-order valence-electron chi connectivity index (χ3n) is 3.49. The van der Waals surface area contributed by atoms with Gasteiger partial charge in [-0.2, -0.15) is 0 Å². The molecule has 1 amide bonds. The molecule has 0 fully saturated rings. The van der Waals surface area contributed by atoms with E-state index in [0.29, 0.717) is 6.42 Å². The fourth-order valence-corrected chi connectivity index (χ4v) is 2.26. The summed E-state index contributed by atoms with van der Waals surface area (Å²) in [5, 5.41) is 9.38. The van der Waals surface area contributed by atoms with Crippen molar-refractivity contribution in [1.82, 2.24) is 9.97 Å². The largest absolute Gasteiger partial charge is 0.383 e. The molecule has 0 radical (unpaired) electrons. The molecule has 23 heavy (non-hydrogen) atoms. The molecular weight excluding hydrogens is 290 g/mol. The van der Waals surface area contributed by atoms with Gasteiger partial charge >= 0.3 is 0 Å². The minimum Gasteiger partial charge on any atom is -0.383 e. The molecule has 2 rings (SSSR count). The Morgan fingerprint density at radius 1 is 1.09 bits per heavy atom. The summed E-state index contributed by atoms with van der Waals surface area (Å²) < 4.78 is 0. The van der Waals surface area contributed by atoms with Gasteiger partial charge in [0.05, 0.1) is 11.4 Å². The Hall–Kier alpha value is -2.53. The van der Waals surface area contributed by atoms with Crippen LogP contribution in [0.4, 0.5) is 0 Å². The SMILES string of the molecule is NC(=O)C(O)CCCCC=C(c1ccccn1)c1ccccn1. The van der Waals surface area contributed by atoms with Crippen LogP contribution in [0.2, 0.25) is 0 Å². The first-order valence-electron chi connectivity index (χ1n) is 7.69. The van der Waals surface area contributed by atoms with Gasteiger partial charge in [-0.15, -0.1) is 0 Å². The first-order valence-corrected chi connectivity index (χ1v) is 7.69. The molecule has 1 atom stereocenters. The number of hydrogen-bond acceptors (Lipinski definition) is 4. The van der Waals surface area contributed by atoms with Crippen LogP contribution in [0, 0.1) is 0 Å². The van der Waals surface area contributed by atoms with Crippen molar-refractivity contribution in [2.75, 3.05) is 0 Å². The maximum Gasteiger partial charge on any atom is 0.246 e. The van der Waals surface area contributed by atoms with Gasteiger partial charge in [0.2, 0.25) is 5.91 Å². The summed E-state index contributed by atoms with van der Waals surface area (Å²) in [5.41, 5.74) is 7.78. The molecule has 0 aliphatic carbocycles. The minimum atomic E-state index is -1.05. The number of rotatable bonds is 8. The van der Waals surface area contributed by atoms with E-state index < -0.39 is 12.0 Å². The van der Waals surface area contributed by atoms with Gasteiger partial charge in [-0.05, 0) is 43.5 Å². The normalized spacial score (nSPS) is 11.7. The number of aromatic nitrogens is 2. The summed E-state index contributed by atoms with van der Waals surface area (Å²) in [4.78, 5) is 19.6. The number of carbonyl (C=O) groups excluding carboxylic acids is 1. The Morgan fingerprint density at radius 2 is 1.70 bits per heavy atom. The summed E-state index contributed by atoms with van der Waals surface area (Å²) >= 11 is 0. The van der Waals surface area contributed by atoms with Crippen LogP contribution in [0.25, 0.3) is 5.57 Å². The van der Waals surface area contributed by atoms with Gasteiger partial charge in [-0.1, -0.05) is 24.6 Å². The van der Waals surface area contributed by atoms with Crippen LogP contribution in [0.1, 0.15) is 37.1 Å². The number of primary amides is 1.